The summed E-state index contributed by atoms with van der Waals surface area (Å²) in [5.74, 6) is 0. The smallest absolute Gasteiger partial charge is 0.317 e. The lowest BCUT2D eigenvalue weighted by molar-refractivity contribution is 0.217. The normalized spacial score (nSPS) is 15.1. The van der Waals surface area contributed by atoms with Gasteiger partial charge in [0.1, 0.15) is 0 Å². The molecule has 2 heterocycles. The van der Waals surface area contributed by atoms with E-state index in [4.69, 9.17) is 0 Å². The average Bonchev–Trinajstić information content (AvgIpc) is 2.88. The van der Waals surface area contributed by atoms with Crippen LogP contribution in [0.4, 0.5) is 4.79 Å². The van der Waals surface area contributed by atoms with E-state index in [1.165, 1.54) is 21.7 Å². The van der Waals surface area contributed by atoms with E-state index in [1.807, 2.05) is 0 Å². The number of carbonyl (C=O) groups is 1. The predicted octanol–water partition coefficient (Wildman–Crippen LogP) is 3.55. The van der Waals surface area contributed by atoms with E-state index in [9.17, 15) is 4.79 Å². The zero-order chi connectivity index (χ0) is 19.8. The standard InChI is InChI=1S/C21H35N5O/c1-17(2)8-6-9-18(3)10-13-25-11-7-12-26-20(16-25)14-19(23-26)15-22-21(27)24(4)5/h8,10,14H,6-7,9,11-13,15-16H2,1-5H3,(H,22,27). The van der Waals surface area contributed by atoms with Gasteiger partial charge in [0.25, 0.3) is 0 Å². The number of aromatic nitrogens is 2. The van der Waals surface area contributed by atoms with Crippen LogP contribution in [0.2, 0.25) is 0 Å². The van der Waals surface area contributed by atoms with E-state index in [2.05, 4.69) is 59.0 Å². The van der Waals surface area contributed by atoms with Gasteiger partial charge in [-0.2, -0.15) is 5.10 Å². The van der Waals surface area contributed by atoms with E-state index >= 15 is 0 Å². The number of aryl methyl sites for hydroxylation is 1. The Kier molecular flexibility index (Phi) is 8.10. The molecule has 0 atom stereocenters. The molecular formula is C21H35N5O. The second-order valence-corrected chi connectivity index (χ2v) is 7.86. The van der Waals surface area contributed by atoms with Crippen LogP contribution >= 0.6 is 0 Å². The van der Waals surface area contributed by atoms with Gasteiger partial charge in [-0.05, 0) is 46.1 Å². The number of fused-ring (bicyclic) bond motifs is 1. The molecule has 0 saturated carbocycles. The van der Waals surface area contributed by atoms with Crippen LogP contribution in [-0.4, -0.2) is 52.8 Å². The number of rotatable bonds is 7. The summed E-state index contributed by atoms with van der Waals surface area (Å²) in [6, 6.07) is 2.04. The summed E-state index contributed by atoms with van der Waals surface area (Å²) in [5, 5.41) is 7.55. The lowest BCUT2D eigenvalue weighted by Gasteiger charge is -2.17. The molecule has 2 amide bonds. The third-order valence-electron chi connectivity index (χ3n) is 4.76. The summed E-state index contributed by atoms with van der Waals surface area (Å²) in [6.45, 7) is 10.9. The van der Waals surface area contributed by atoms with Crippen molar-refractivity contribution >= 4 is 6.03 Å². The molecule has 27 heavy (non-hydrogen) atoms. The highest BCUT2D eigenvalue weighted by atomic mass is 16.2. The Morgan fingerprint density at radius 3 is 2.74 bits per heavy atom. The first-order valence-corrected chi connectivity index (χ1v) is 9.87. The zero-order valence-electron chi connectivity index (χ0n) is 17.6. The van der Waals surface area contributed by atoms with Gasteiger partial charge in [-0.25, -0.2) is 4.79 Å². The van der Waals surface area contributed by atoms with Crippen molar-refractivity contribution in [1.29, 1.82) is 0 Å². The molecule has 0 saturated heterocycles. The predicted molar refractivity (Wildman–Crippen MR) is 110 cm³/mol. The quantitative estimate of drug-likeness (QED) is 0.744. The van der Waals surface area contributed by atoms with Gasteiger partial charge in [0.05, 0.1) is 17.9 Å². The molecule has 150 valence electrons. The molecule has 1 aromatic rings. The molecule has 2 rings (SSSR count). The van der Waals surface area contributed by atoms with Gasteiger partial charge in [0, 0.05) is 40.3 Å². The summed E-state index contributed by atoms with van der Waals surface area (Å²) in [7, 11) is 3.48. The molecule has 0 fully saturated rings. The van der Waals surface area contributed by atoms with Crippen LogP contribution < -0.4 is 5.32 Å². The maximum atomic E-state index is 11.7. The first-order chi connectivity index (χ1) is 12.8. The monoisotopic (exact) mass is 373 g/mol. The fourth-order valence-electron chi connectivity index (χ4n) is 3.13. The molecule has 1 aromatic heterocycles. The highest BCUT2D eigenvalue weighted by molar-refractivity contribution is 5.73. The fraction of sp³-hybridized carbons (Fsp3) is 0.619. The number of amides is 2. The molecule has 0 radical (unpaired) electrons. The minimum absolute atomic E-state index is 0.0893. The third-order valence-corrected chi connectivity index (χ3v) is 4.76. The van der Waals surface area contributed by atoms with Crippen LogP contribution in [-0.2, 0) is 19.6 Å². The number of nitrogens with one attached hydrogen (secondary N) is 1. The number of urea groups is 1. The number of hydrogen-bond donors (Lipinski definition) is 1. The highest BCUT2D eigenvalue weighted by Crippen LogP contribution is 2.15. The summed E-state index contributed by atoms with van der Waals surface area (Å²) < 4.78 is 2.10. The van der Waals surface area contributed by atoms with Gasteiger partial charge in [-0.3, -0.25) is 9.58 Å². The Labute approximate surface area is 163 Å². The SMILES string of the molecule is CC(C)=CCCC(C)=CCN1CCCn2nc(CNC(=O)N(C)C)cc2C1. The van der Waals surface area contributed by atoms with Crippen molar-refractivity contribution in [3.8, 4) is 0 Å². The van der Waals surface area contributed by atoms with Crippen molar-refractivity contribution < 1.29 is 4.79 Å². The average molecular weight is 374 g/mol. The molecule has 0 bridgehead atoms. The van der Waals surface area contributed by atoms with Crippen LogP contribution in [0.5, 0.6) is 0 Å². The summed E-state index contributed by atoms with van der Waals surface area (Å²) >= 11 is 0. The Balaban J connectivity index is 1.89. The van der Waals surface area contributed by atoms with E-state index in [-0.39, 0.29) is 6.03 Å². The zero-order valence-corrected chi connectivity index (χ0v) is 17.6. The molecule has 0 aromatic carbocycles. The first kappa shape index (κ1) is 21.2. The fourth-order valence-corrected chi connectivity index (χ4v) is 3.13. The Morgan fingerprint density at radius 2 is 2.04 bits per heavy atom. The number of hydrogen-bond acceptors (Lipinski definition) is 3. The molecule has 6 nitrogen and oxygen atoms in total. The molecule has 1 N–H and O–H groups in total. The van der Waals surface area contributed by atoms with Crippen molar-refractivity contribution in [3.05, 3.63) is 40.8 Å². The third kappa shape index (κ3) is 7.21. The van der Waals surface area contributed by atoms with Crippen molar-refractivity contribution in [1.82, 2.24) is 24.9 Å². The van der Waals surface area contributed by atoms with Gasteiger partial charge in [-0.15, -0.1) is 0 Å². The number of allylic oxidation sites excluding steroid dienone is 3. The Hall–Kier alpha value is -2.08. The van der Waals surface area contributed by atoms with Crippen molar-refractivity contribution in [3.63, 3.8) is 0 Å². The summed E-state index contributed by atoms with van der Waals surface area (Å²) in [5.41, 5.74) is 5.01. The van der Waals surface area contributed by atoms with Gasteiger partial charge < -0.3 is 10.2 Å². The molecule has 1 aliphatic heterocycles. The summed E-state index contributed by atoms with van der Waals surface area (Å²) in [6.07, 6.45) is 8.02. The second-order valence-electron chi connectivity index (χ2n) is 7.86. The largest absolute Gasteiger partial charge is 0.332 e. The minimum atomic E-state index is -0.0893. The number of carbonyl (C=O) groups excluding carboxylic acids is 1. The minimum Gasteiger partial charge on any atom is -0.332 e. The van der Waals surface area contributed by atoms with Crippen LogP contribution in [0, 0.1) is 0 Å². The Morgan fingerprint density at radius 1 is 1.26 bits per heavy atom. The van der Waals surface area contributed by atoms with Gasteiger partial charge in [0.2, 0.25) is 0 Å². The molecule has 6 heteroatoms. The van der Waals surface area contributed by atoms with E-state index in [0.717, 1.165) is 51.1 Å². The lowest BCUT2D eigenvalue weighted by Crippen LogP contribution is -2.34. The van der Waals surface area contributed by atoms with Crippen LogP contribution in [0.3, 0.4) is 0 Å². The molecular weight excluding hydrogens is 338 g/mol. The summed E-state index contributed by atoms with van der Waals surface area (Å²) in [4.78, 5) is 15.7. The highest BCUT2D eigenvalue weighted by Gasteiger charge is 2.16. The number of nitrogens with zero attached hydrogens (tertiary/aromatic N) is 4. The van der Waals surface area contributed by atoms with Crippen LogP contribution in [0.1, 0.15) is 51.4 Å². The molecule has 1 aliphatic rings. The van der Waals surface area contributed by atoms with Crippen molar-refractivity contribution in [2.45, 2.75) is 59.7 Å². The van der Waals surface area contributed by atoms with Crippen LogP contribution in [0.15, 0.2) is 29.4 Å². The topological polar surface area (TPSA) is 53.4 Å². The molecule has 0 spiro atoms. The lowest BCUT2D eigenvalue weighted by atomic mass is 10.1. The molecule has 0 unspecified atom stereocenters. The van der Waals surface area contributed by atoms with Gasteiger partial charge in [0.15, 0.2) is 0 Å². The van der Waals surface area contributed by atoms with Crippen molar-refractivity contribution in [2.24, 2.45) is 0 Å². The van der Waals surface area contributed by atoms with E-state index < -0.39 is 0 Å². The maximum Gasteiger partial charge on any atom is 0.317 e. The molecule has 0 aliphatic carbocycles. The van der Waals surface area contributed by atoms with E-state index in [0.29, 0.717) is 6.54 Å². The maximum absolute atomic E-state index is 11.7. The second kappa shape index (κ2) is 10.3. The Bertz CT molecular complexity index is 683. The van der Waals surface area contributed by atoms with Gasteiger partial charge in [-0.1, -0.05) is 23.3 Å². The van der Waals surface area contributed by atoms with E-state index in [1.54, 1.807) is 14.1 Å². The van der Waals surface area contributed by atoms with Gasteiger partial charge >= 0.3 is 6.03 Å². The van der Waals surface area contributed by atoms with Crippen molar-refractivity contribution in [2.75, 3.05) is 27.2 Å². The van der Waals surface area contributed by atoms with Crippen LogP contribution in [0.25, 0.3) is 0 Å². The first-order valence-electron chi connectivity index (χ1n) is 9.87.